The molecule has 0 spiro atoms. The molecule has 2 aromatic heterocycles. The van der Waals surface area contributed by atoms with E-state index in [0.29, 0.717) is 24.2 Å². The lowest BCUT2D eigenvalue weighted by Gasteiger charge is -2.17. The van der Waals surface area contributed by atoms with Crippen LogP contribution in [0.1, 0.15) is 16.1 Å². The first kappa shape index (κ1) is 17.5. The quantitative estimate of drug-likeness (QED) is 0.764. The molecule has 0 radical (unpaired) electrons. The van der Waals surface area contributed by atoms with Gasteiger partial charge in [-0.2, -0.15) is 4.98 Å². The van der Waals surface area contributed by atoms with E-state index >= 15 is 0 Å². The van der Waals surface area contributed by atoms with Crippen LogP contribution in [0.25, 0.3) is 11.3 Å². The summed E-state index contributed by atoms with van der Waals surface area (Å²) in [6.45, 7) is 0.485. The Hall–Kier alpha value is -3.35. The van der Waals surface area contributed by atoms with E-state index in [-0.39, 0.29) is 17.4 Å². The van der Waals surface area contributed by atoms with Gasteiger partial charge in [0.05, 0.1) is 5.69 Å². The highest BCUT2D eigenvalue weighted by Gasteiger charge is 2.15. The van der Waals surface area contributed by atoms with Crippen LogP contribution >= 0.6 is 0 Å². The van der Waals surface area contributed by atoms with Crippen molar-refractivity contribution in [2.75, 3.05) is 13.6 Å². The molecule has 0 fully saturated rings. The SMILES string of the molecule is CN(CCc1ccncc1)C(=O)c1cc(-c2ccc(F)cc2)nc(=O)[nH]1. The number of hydrogen-bond donors (Lipinski definition) is 1. The maximum absolute atomic E-state index is 13.1. The fraction of sp³-hybridized carbons (Fsp3) is 0.158. The molecule has 26 heavy (non-hydrogen) atoms. The summed E-state index contributed by atoms with van der Waals surface area (Å²) >= 11 is 0. The van der Waals surface area contributed by atoms with Crippen molar-refractivity contribution in [3.05, 3.63) is 82.4 Å². The summed E-state index contributed by atoms with van der Waals surface area (Å²) < 4.78 is 13.1. The van der Waals surface area contributed by atoms with E-state index < -0.39 is 5.69 Å². The maximum atomic E-state index is 13.1. The second-order valence-corrected chi connectivity index (χ2v) is 5.82. The molecule has 6 nitrogen and oxygen atoms in total. The number of rotatable bonds is 5. The van der Waals surface area contributed by atoms with E-state index in [9.17, 15) is 14.0 Å². The number of nitrogens with one attached hydrogen (secondary N) is 1. The van der Waals surface area contributed by atoms with Crippen LogP contribution in [0.2, 0.25) is 0 Å². The minimum atomic E-state index is -0.627. The summed E-state index contributed by atoms with van der Waals surface area (Å²) in [4.78, 5) is 36.3. The third kappa shape index (κ3) is 4.18. The molecule has 0 aliphatic carbocycles. The smallest absolute Gasteiger partial charge is 0.340 e. The largest absolute Gasteiger partial charge is 0.346 e. The average molecular weight is 352 g/mol. The lowest BCUT2D eigenvalue weighted by atomic mass is 10.1. The molecule has 3 aromatic rings. The first-order chi connectivity index (χ1) is 12.5. The zero-order valence-corrected chi connectivity index (χ0v) is 14.1. The summed E-state index contributed by atoms with van der Waals surface area (Å²) in [5.74, 6) is -0.701. The summed E-state index contributed by atoms with van der Waals surface area (Å²) in [7, 11) is 1.67. The van der Waals surface area contributed by atoms with Gasteiger partial charge in [-0.15, -0.1) is 0 Å². The van der Waals surface area contributed by atoms with Crippen LogP contribution in [0.3, 0.4) is 0 Å². The zero-order chi connectivity index (χ0) is 18.5. The Balaban J connectivity index is 1.78. The number of benzene rings is 1. The van der Waals surface area contributed by atoms with Crippen molar-refractivity contribution in [1.29, 1.82) is 0 Å². The highest BCUT2D eigenvalue weighted by molar-refractivity contribution is 5.93. The minimum absolute atomic E-state index is 0.140. The van der Waals surface area contributed by atoms with Crippen molar-refractivity contribution in [3.8, 4) is 11.3 Å². The van der Waals surface area contributed by atoms with Crippen LogP contribution < -0.4 is 5.69 Å². The lowest BCUT2D eigenvalue weighted by Crippen LogP contribution is -2.31. The van der Waals surface area contributed by atoms with Crippen molar-refractivity contribution in [2.24, 2.45) is 0 Å². The Morgan fingerprint density at radius 3 is 2.54 bits per heavy atom. The molecule has 132 valence electrons. The van der Waals surface area contributed by atoms with Gasteiger partial charge in [-0.1, -0.05) is 0 Å². The van der Waals surface area contributed by atoms with E-state index in [1.807, 2.05) is 12.1 Å². The topological polar surface area (TPSA) is 79.0 Å². The van der Waals surface area contributed by atoms with Gasteiger partial charge in [0.1, 0.15) is 11.5 Å². The molecule has 0 unspecified atom stereocenters. The summed E-state index contributed by atoms with van der Waals surface area (Å²) in [6.07, 6.45) is 4.07. The van der Waals surface area contributed by atoms with Gasteiger partial charge in [0.15, 0.2) is 0 Å². The molecule has 1 aromatic carbocycles. The van der Waals surface area contributed by atoms with Crippen LogP contribution in [0.4, 0.5) is 4.39 Å². The molecule has 0 saturated heterocycles. The number of aromatic amines is 1. The molecule has 0 atom stereocenters. The molecule has 0 saturated carbocycles. The average Bonchev–Trinajstić information content (AvgIpc) is 2.66. The van der Waals surface area contributed by atoms with E-state index in [1.54, 1.807) is 19.4 Å². The monoisotopic (exact) mass is 352 g/mol. The van der Waals surface area contributed by atoms with E-state index in [2.05, 4.69) is 15.0 Å². The van der Waals surface area contributed by atoms with Crippen LogP contribution in [0.5, 0.6) is 0 Å². The predicted octanol–water partition coefficient (Wildman–Crippen LogP) is 2.29. The third-order valence-electron chi connectivity index (χ3n) is 3.95. The Labute approximate surface area is 149 Å². The molecular weight excluding hydrogens is 335 g/mol. The zero-order valence-electron chi connectivity index (χ0n) is 14.1. The molecule has 3 rings (SSSR count). The third-order valence-corrected chi connectivity index (χ3v) is 3.95. The van der Waals surface area contributed by atoms with Crippen LogP contribution in [0, 0.1) is 5.82 Å². The van der Waals surface area contributed by atoms with E-state index in [1.165, 1.54) is 35.2 Å². The van der Waals surface area contributed by atoms with Gasteiger partial charge in [0, 0.05) is 31.5 Å². The van der Waals surface area contributed by atoms with Gasteiger partial charge in [-0.3, -0.25) is 9.78 Å². The Morgan fingerprint density at radius 1 is 1.15 bits per heavy atom. The number of amides is 1. The van der Waals surface area contributed by atoms with Gasteiger partial charge in [-0.05, 0) is 54.4 Å². The van der Waals surface area contributed by atoms with Gasteiger partial charge in [0.2, 0.25) is 0 Å². The fourth-order valence-electron chi connectivity index (χ4n) is 2.49. The lowest BCUT2D eigenvalue weighted by molar-refractivity contribution is 0.0790. The fourth-order valence-corrected chi connectivity index (χ4v) is 2.49. The molecule has 0 aliphatic rings. The van der Waals surface area contributed by atoms with E-state index in [0.717, 1.165) is 5.56 Å². The highest BCUT2D eigenvalue weighted by Crippen LogP contribution is 2.17. The first-order valence-electron chi connectivity index (χ1n) is 8.04. The molecule has 0 bridgehead atoms. The number of carbonyl (C=O) groups excluding carboxylic acids is 1. The molecule has 1 N–H and O–H groups in total. The summed E-state index contributed by atoms with van der Waals surface area (Å²) in [5.41, 5.74) is 1.46. The van der Waals surface area contributed by atoms with E-state index in [4.69, 9.17) is 0 Å². The van der Waals surface area contributed by atoms with Crippen molar-refractivity contribution >= 4 is 5.91 Å². The number of carbonyl (C=O) groups is 1. The standard InChI is InChI=1S/C19H17FN4O2/c1-24(11-8-13-6-9-21-10-7-13)18(25)17-12-16(22-19(26)23-17)14-2-4-15(20)5-3-14/h2-7,9-10,12H,8,11H2,1H3,(H,22,23,26). The number of halogens is 1. The first-order valence-corrected chi connectivity index (χ1v) is 8.04. The second kappa shape index (κ2) is 7.69. The molecular formula is C19H17FN4O2. The molecule has 1 amide bonds. The van der Waals surface area contributed by atoms with Gasteiger partial charge >= 0.3 is 5.69 Å². The normalized spacial score (nSPS) is 10.5. The van der Waals surface area contributed by atoms with Crippen molar-refractivity contribution < 1.29 is 9.18 Å². The summed E-state index contributed by atoms with van der Waals surface area (Å²) in [5, 5.41) is 0. The number of likely N-dealkylation sites (N-methyl/N-ethyl adjacent to an activating group) is 1. The van der Waals surface area contributed by atoms with Crippen LogP contribution in [-0.2, 0) is 6.42 Å². The molecule has 2 heterocycles. The maximum Gasteiger partial charge on any atom is 0.346 e. The number of pyridine rings is 1. The predicted molar refractivity (Wildman–Crippen MR) is 95.2 cm³/mol. The number of aromatic nitrogens is 3. The van der Waals surface area contributed by atoms with Gasteiger partial charge in [0.25, 0.3) is 5.91 Å². The molecule has 0 aliphatic heterocycles. The minimum Gasteiger partial charge on any atom is -0.340 e. The Kier molecular flexibility index (Phi) is 5.17. The second-order valence-electron chi connectivity index (χ2n) is 5.82. The Morgan fingerprint density at radius 2 is 1.85 bits per heavy atom. The van der Waals surface area contributed by atoms with Crippen molar-refractivity contribution in [3.63, 3.8) is 0 Å². The highest BCUT2D eigenvalue weighted by atomic mass is 19.1. The Bertz CT molecular complexity index is 955. The number of H-pyrrole nitrogens is 1. The summed E-state index contributed by atoms with van der Waals surface area (Å²) in [6, 6.07) is 10.9. The number of hydrogen-bond acceptors (Lipinski definition) is 4. The van der Waals surface area contributed by atoms with Crippen LogP contribution in [0.15, 0.2) is 59.7 Å². The van der Waals surface area contributed by atoms with Crippen LogP contribution in [-0.4, -0.2) is 39.4 Å². The van der Waals surface area contributed by atoms with Gasteiger partial charge < -0.3 is 9.88 Å². The molecule has 7 heteroatoms. The van der Waals surface area contributed by atoms with Crippen molar-refractivity contribution in [2.45, 2.75) is 6.42 Å². The van der Waals surface area contributed by atoms with Crippen molar-refractivity contribution in [1.82, 2.24) is 19.9 Å². The van der Waals surface area contributed by atoms with Gasteiger partial charge in [-0.25, -0.2) is 9.18 Å². The number of nitrogens with zero attached hydrogens (tertiary/aromatic N) is 3.